The second-order valence-corrected chi connectivity index (χ2v) is 11.1. The van der Waals surface area contributed by atoms with Crippen molar-refractivity contribution in [1.29, 1.82) is 0 Å². The highest BCUT2D eigenvalue weighted by Crippen LogP contribution is 2.44. The fourth-order valence-corrected chi connectivity index (χ4v) is 5.32. The smallest absolute Gasteiger partial charge is 0.449 e. The Kier molecular flexibility index (Phi) is 6.32. The molecule has 0 bridgehead atoms. The summed E-state index contributed by atoms with van der Waals surface area (Å²) >= 11 is 0. The zero-order valence-electron chi connectivity index (χ0n) is 22.7. The van der Waals surface area contributed by atoms with Gasteiger partial charge in [-0.05, 0) is 67.6 Å². The molecule has 1 fully saturated rings. The molecule has 4 aromatic rings. The Morgan fingerprint density at radius 3 is 2.31 bits per heavy atom. The molecule has 198 valence electrons. The predicted molar refractivity (Wildman–Crippen MR) is 153 cm³/mol. The minimum Gasteiger partial charge on any atom is -0.449 e. The number of carbonyl (C=O) groups excluding carboxylic acids is 1. The van der Waals surface area contributed by atoms with Gasteiger partial charge in [-0.1, -0.05) is 54.6 Å². The number of rotatable bonds is 6. The Hall–Kier alpha value is -3.88. The molecule has 0 spiro atoms. The SMILES string of the molecule is CC1(C)OB(C(=Cc2c[nH]c3ncccc23)CNC(=O)OCC2c3ccccc3-c3ccccc32)OC1(C)C. The maximum absolute atomic E-state index is 13.0. The predicted octanol–water partition coefficient (Wildman–Crippen LogP) is 6.12. The van der Waals surface area contributed by atoms with Gasteiger partial charge >= 0.3 is 13.2 Å². The van der Waals surface area contributed by atoms with Gasteiger partial charge in [-0.15, -0.1) is 0 Å². The second kappa shape index (κ2) is 9.70. The highest BCUT2D eigenvalue weighted by Gasteiger charge is 2.52. The van der Waals surface area contributed by atoms with Crippen LogP contribution in [0.15, 0.2) is 78.5 Å². The maximum Gasteiger partial charge on any atom is 0.492 e. The van der Waals surface area contributed by atoms with Crippen molar-refractivity contribution in [3.05, 3.63) is 95.2 Å². The van der Waals surface area contributed by atoms with Crippen molar-refractivity contribution >= 4 is 30.3 Å². The van der Waals surface area contributed by atoms with Crippen LogP contribution in [0.5, 0.6) is 0 Å². The number of amides is 1. The third-order valence-electron chi connectivity index (χ3n) is 8.16. The van der Waals surface area contributed by atoms with Crippen LogP contribution in [0.25, 0.3) is 28.2 Å². The summed E-state index contributed by atoms with van der Waals surface area (Å²) in [6.07, 6.45) is 5.16. The summed E-state index contributed by atoms with van der Waals surface area (Å²) in [4.78, 5) is 20.5. The lowest BCUT2D eigenvalue weighted by Crippen LogP contribution is -2.41. The number of benzene rings is 2. The van der Waals surface area contributed by atoms with Crippen molar-refractivity contribution in [3.8, 4) is 11.1 Å². The molecule has 2 N–H and O–H groups in total. The van der Waals surface area contributed by atoms with Crippen LogP contribution in [-0.2, 0) is 14.0 Å². The number of hydrogen-bond acceptors (Lipinski definition) is 5. The lowest BCUT2D eigenvalue weighted by Gasteiger charge is -2.32. The van der Waals surface area contributed by atoms with Gasteiger partial charge in [-0.2, -0.15) is 0 Å². The second-order valence-electron chi connectivity index (χ2n) is 11.1. The number of alkyl carbamates (subject to hydrolysis) is 1. The van der Waals surface area contributed by atoms with E-state index in [0.29, 0.717) is 0 Å². The van der Waals surface area contributed by atoms with E-state index in [4.69, 9.17) is 14.0 Å². The molecule has 2 aromatic heterocycles. The number of pyridine rings is 1. The van der Waals surface area contributed by atoms with Gasteiger partial charge in [0.25, 0.3) is 0 Å². The molecule has 2 aromatic carbocycles. The van der Waals surface area contributed by atoms with E-state index in [1.54, 1.807) is 6.20 Å². The van der Waals surface area contributed by atoms with Gasteiger partial charge in [0.1, 0.15) is 12.3 Å². The number of H-pyrrole nitrogens is 1. The molecule has 1 saturated heterocycles. The average Bonchev–Trinajstić information content (AvgIpc) is 3.54. The van der Waals surface area contributed by atoms with E-state index in [2.05, 4.69) is 39.6 Å². The summed E-state index contributed by atoms with van der Waals surface area (Å²) in [6, 6.07) is 20.5. The van der Waals surface area contributed by atoms with Crippen LogP contribution in [0.2, 0.25) is 0 Å². The number of hydrogen-bond donors (Lipinski definition) is 2. The van der Waals surface area contributed by atoms with Gasteiger partial charge in [-0.25, -0.2) is 9.78 Å². The Labute approximate surface area is 228 Å². The maximum atomic E-state index is 13.0. The van der Waals surface area contributed by atoms with Gasteiger partial charge in [-0.3, -0.25) is 0 Å². The first-order chi connectivity index (χ1) is 18.7. The first-order valence-electron chi connectivity index (χ1n) is 13.3. The topological polar surface area (TPSA) is 85.5 Å². The highest BCUT2D eigenvalue weighted by atomic mass is 16.7. The molecule has 1 aliphatic heterocycles. The van der Waals surface area contributed by atoms with Crippen LogP contribution in [0, 0.1) is 0 Å². The molecule has 0 atom stereocenters. The first-order valence-corrected chi connectivity index (χ1v) is 13.3. The van der Waals surface area contributed by atoms with Crippen LogP contribution in [0.3, 0.4) is 0 Å². The van der Waals surface area contributed by atoms with Crippen molar-refractivity contribution in [2.75, 3.05) is 13.2 Å². The van der Waals surface area contributed by atoms with Gasteiger partial charge < -0.3 is 24.3 Å². The zero-order valence-corrected chi connectivity index (χ0v) is 22.7. The first kappa shape index (κ1) is 25.4. The lowest BCUT2D eigenvalue weighted by atomic mass is 9.77. The van der Waals surface area contributed by atoms with Crippen LogP contribution < -0.4 is 5.32 Å². The van der Waals surface area contributed by atoms with Crippen LogP contribution >= 0.6 is 0 Å². The third kappa shape index (κ3) is 4.64. The van der Waals surface area contributed by atoms with E-state index >= 15 is 0 Å². The Morgan fingerprint density at radius 2 is 1.64 bits per heavy atom. The summed E-state index contributed by atoms with van der Waals surface area (Å²) in [5.41, 5.74) is 6.24. The van der Waals surface area contributed by atoms with Gasteiger partial charge in [0.2, 0.25) is 0 Å². The highest BCUT2D eigenvalue weighted by molar-refractivity contribution is 6.56. The van der Waals surface area contributed by atoms with Crippen molar-refractivity contribution < 1.29 is 18.8 Å². The van der Waals surface area contributed by atoms with Crippen molar-refractivity contribution in [2.24, 2.45) is 0 Å². The van der Waals surface area contributed by atoms with Gasteiger partial charge in [0.15, 0.2) is 0 Å². The zero-order chi connectivity index (χ0) is 27.2. The lowest BCUT2D eigenvalue weighted by molar-refractivity contribution is 0.00578. The molecule has 0 saturated carbocycles. The number of aromatic amines is 1. The number of ether oxygens (including phenoxy) is 1. The fraction of sp³-hybridized carbons (Fsp3) is 0.290. The summed E-state index contributed by atoms with van der Waals surface area (Å²) in [6.45, 7) is 8.51. The minimum atomic E-state index is -0.620. The standard InChI is InChI=1S/C31H32BN3O4/c1-30(2)31(3,4)39-32(38-30)21(16-20-17-34-28-22(20)14-9-15-33-28)18-35-29(36)37-19-27-25-12-7-5-10-23(25)24-11-6-8-13-26(24)27/h5-17,27H,18-19H2,1-4H3,(H,33,34)(H,35,36). The number of carbonyl (C=O) groups is 1. The van der Waals surface area contributed by atoms with Crippen LogP contribution in [-0.4, -0.2) is 47.5 Å². The summed E-state index contributed by atoms with van der Waals surface area (Å²) in [5, 5.41) is 3.91. The van der Waals surface area contributed by atoms with Crippen LogP contribution in [0.4, 0.5) is 4.79 Å². The van der Waals surface area contributed by atoms with E-state index in [1.165, 1.54) is 22.3 Å². The van der Waals surface area contributed by atoms with Crippen molar-refractivity contribution in [2.45, 2.75) is 44.8 Å². The molecule has 2 aliphatic rings. The molecular weight excluding hydrogens is 489 g/mol. The fourth-order valence-electron chi connectivity index (χ4n) is 5.32. The third-order valence-corrected chi connectivity index (χ3v) is 8.16. The summed E-state index contributed by atoms with van der Waals surface area (Å²) in [5.74, 6) is -0.0000185. The molecule has 3 heterocycles. The summed E-state index contributed by atoms with van der Waals surface area (Å²) < 4.78 is 18.4. The quantitative estimate of drug-likeness (QED) is 0.299. The van der Waals surface area contributed by atoms with Crippen molar-refractivity contribution in [3.63, 3.8) is 0 Å². The van der Waals surface area contributed by atoms with Gasteiger partial charge in [0.05, 0.1) is 11.2 Å². The molecule has 1 aliphatic carbocycles. The average molecular weight is 521 g/mol. The largest absolute Gasteiger partial charge is 0.492 e. The van der Waals surface area contributed by atoms with Crippen molar-refractivity contribution in [1.82, 2.24) is 15.3 Å². The molecule has 8 heteroatoms. The Bertz CT molecular complexity index is 1510. The normalized spacial score (nSPS) is 17.7. The minimum absolute atomic E-state index is 0.0000185. The van der Waals surface area contributed by atoms with E-state index in [1.807, 2.05) is 76.4 Å². The summed E-state index contributed by atoms with van der Waals surface area (Å²) in [7, 11) is -0.620. The number of aromatic nitrogens is 2. The molecule has 1 amide bonds. The molecule has 6 rings (SSSR count). The van der Waals surface area contributed by atoms with Crippen LogP contribution in [0.1, 0.15) is 50.3 Å². The van der Waals surface area contributed by atoms with Gasteiger partial charge in [0, 0.05) is 35.8 Å². The van der Waals surface area contributed by atoms with E-state index in [-0.39, 0.29) is 19.1 Å². The molecule has 7 nitrogen and oxygen atoms in total. The number of nitrogens with one attached hydrogen (secondary N) is 2. The molecule has 0 radical (unpaired) electrons. The molecule has 39 heavy (non-hydrogen) atoms. The number of fused-ring (bicyclic) bond motifs is 4. The van der Waals surface area contributed by atoms with E-state index < -0.39 is 24.4 Å². The molecular formula is C31H32BN3O4. The van der Waals surface area contributed by atoms with E-state index in [9.17, 15) is 4.79 Å². The Morgan fingerprint density at radius 1 is 1.00 bits per heavy atom. The number of nitrogens with zero attached hydrogens (tertiary/aromatic N) is 1. The molecule has 0 unspecified atom stereocenters. The Balaban J connectivity index is 1.19. The monoisotopic (exact) mass is 521 g/mol. The van der Waals surface area contributed by atoms with E-state index in [0.717, 1.165) is 22.1 Å².